The van der Waals surface area contributed by atoms with Gasteiger partial charge >= 0.3 is 29.8 Å². The van der Waals surface area contributed by atoms with E-state index in [2.05, 4.69) is 31.4 Å². The van der Waals surface area contributed by atoms with Crippen molar-refractivity contribution in [2.24, 2.45) is 22.9 Å². The zero-order valence-electron chi connectivity index (χ0n) is 56.2. The third kappa shape index (κ3) is 25.1. The number of unbranched alkanes of at least 4 members (excludes halogenated alkanes) is 11. The number of esters is 5. The lowest BCUT2D eigenvalue weighted by Gasteiger charge is -2.28. The van der Waals surface area contributed by atoms with Gasteiger partial charge < -0.3 is 42.8 Å². The predicted molar refractivity (Wildman–Crippen MR) is 380 cm³/mol. The summed E-state index contributed by atoms with van der Waals surface area (Å²) in [4.78, 5) is 79.4. The molecule has 19 heteroatoms. The standard InChI is InChI=1S/C79H93N3O15S/c1-3-74(83)90-50-21-11-9-18-48-88-65-37-41-68(42-38-65)94-67-35-33-62(34-36-67)78(87)96-70-45-46-72(97-93-57-58-27-31-61(32-28-58)77(86)95-69-43-39-66(40-44-69)89-49-19-10-12-22-51-91-75(84)4-2)64(55-70)56-80-82(79-81-71-25-15-16-26-73(71)98-79)47-17-7-5-6-8-20-52-92-76(85)54-59-29-30-60-23-13-14-24-63(60)53-59/h3-4,13-16,23-26,29-30,37-46,53,55-56,58,61-62,67H,1-2,5-12,17-22,27-28,31-36,47-52,54,57H2/b80-56+. The van der Waals surface area contributed by atoms with Crippen LogP contribution in [0.25, 0.3) is 21.0 Å². The lowest BCUT2D eigenvalue weighted by molar-refractivity contribution is -0.218. The van der Waals surface area contributed by atoms with Crippen LogP contribution in [0.3, 0.4) is 0 Å². The molecular formula is C79H93N3O15S. The summed E-state index contributed by atoms with van der Waals surface area (Å²) in [6, 6.07) is 42.2. The minimum atomic E-state index is -0.404. The van der Waals surface area contributed by atoms with Gasteiger partial charge in [0.25, 0.3) is 0 Å². The summed E-state index contributed by atoms with van der Waals surface area (Å²) in [5.41, 5.74) is 2.37. The number of carbonyl (C=O) groups is 5. The van der Waals surface area contributed by atoms with Crippen molar-refractivity contribution in [1.82, 2.24) is 4.98 Å². The van der Waals surface area contributed by atoms with Crippen LogP contribution in [0.5, 0.6) is 34.5 Å². The molecule has 0 bridgehead atoms. The highest BCUT2D eigenvalue weighted by atomic mass is 32.1. The normalized spacial score (nSPS) is 16.0. The SMILES string of the molecule is C=CC(=O)OCCCCCCOc1ccc(OC(=O)C2CCC(COOc3ccc(OC(=O)C4CCC(Oc5ccc(OCCCCCCOC(=O)C=C)cc5)CC4)cc3/C=N/N(CCCCCCCCOC(=O)Cc3ccc4ccccc4c3)c3nc4ccccc4s3)CC2)cc1. The van der Waals surface area contributed by atoms with Gasteiger partial charge in [-0.1, -0.05) is 105 Å². The van der Waals surface area contributed by atoms with Crippen LogP contribution in [-0.2, 0) is 49.5 Å². The largest absolute Gasteiger partial charge is 0.494 e. The Hall–Kier alpha value is -9.07. The maximum absolute atomic E-state index is 13.9. The van der Waals surface area contributed by atoms with Gasteiger partial charge in [-0.15, -0.1) is 0 Å². The maximum atomic E-state index is 13.9. The van der Waals surface area contributed by atoms with Crippen molar-refractivity contribution in [3.8, 4) is 34.5 Å². The van der Waals surface area contributed by atoms with E-state index in [1.165, 1.54) is 12.2 Å². The van der Waals surface area contributed by atoms with Crippen LogP contribution >= 0.6 is 11.3 Å². The molecule has 6 aromatic carbocycles. The first-order chi connectivity index (χ1) is 48.0. The number of benzene rings is 6. The summed E-state index contributed by atoms with van der Waals surface area (Å²) in [6.07, 6.45) is 22.4. The summed E-state index contributed by atoms with van der Waals surface area (Å²) in [6.45, 7) is 10.0. The van der Waals surface area contributed by atoms with E-state index in [9.17, 15) is 24.0 Å². The summed E-state index contributed by atoms with van der Waals surface area (Å²) >= 11 is 1.56. The number of nitrogens with zero attached hydrogens (tertiary/aromatic N) is 3. The molecule has 18 nitrogen and oxygen atoms in total. The van der Waals surface area contributed by atoms with Gasteiger partial charge in [-0.25, -0.2) is 19.6 Å². The van der Waals surface area contributed by atoms with Crippen LogP contribution in [-0.4, -0.2) is 93.3 Å². The highest BCUT2D eigenvalue weighted by Crippen LogP contribution is 2.35. The number of hydrogen-bond donors (Lipinski definition) is 0. The minimum Gasteiger partial charge on any atom is -0.494 e. The predicted octanol–water partition coefficient (Wildman–Crippen LogP) is 17.0. The Balaban J connectivity index is 0.756. The fraction of sp³-hybridized carbons (Fsp3) is 0.430. The van der Waals surface area contributed by atoms with E-state index in [1.54, 1.807) is 60.0 Å². The summed E-state index contributed by atoms with van der Waals surface area (Å²) in [7, 11) is 0. The first-order valence-electron chi connectivity index (χ1n) is 34.9. The van der Waals surface area contributed by atoms with E-state index >= 15 is 0 Å². The molecular weight excluding hydrogens is 1260 g/mol. The molecule has 2 aliphatic rings. The fourth-order valence-electron chi connectivity index (χ4n) is 11.8. The van der Waals surface area contributed by atoms with E-state index < -0.39 is 11.9 Å². The van der Waals surface area contributed by atoms with E-state index in [0.717, 1.165) is 146 Å². The van der Waals surface area contributed by atoms with Crippen LogP contribution in [0.15, 0.2) is 164 Å². The van der Waals surface area contributed by atoms with Gasteiger partial charge in [0.2, 0.25) is 5.13 Å². The molecule has 1 heterocycles. The van der Waals surface area contributed by atoms with E-state index in [1.807, 2.05) is 77.8 Å². The van der Waals surface area contributed by atoms with Crippen LogP contribution in [0.4, 0.5) is 5.13 Å². The number of anilines is 1. The maximum Gasteiger partial charge on any atom is 0.330 e. The number of hydrogen-bond acceptors (Lipinski definition) is 19. The third-order valence-electron chi connectivity index (χ3n) is 17.5. The highest BCUT2D eigenvalue weighted by molar-refractivity contribution is 7.22. The molecule has 0 spiro atoms. The van der Waals surface area contributed by atoms with E-state index in [-0.39, 0.29) is 48.2 Å². The van der Waals surface area contributed by atoms with Crippen molar-refractivity contribution in [3.05, 3.63) is 170 Å². The molecule has 98 heavy (non-hydrogen) atoms. The van der Waals surface area contributed by atoms with Gasteiger partial charge in [-0.05, 0) is 217 Å². The fourth-order valence-corrected chi connectivity index (χ4v) is 12.8. The number of fused-ring (bicyclic) bond motifs is 2. The highest BCUT2D eigenvalue weighted by Gasteiger charge is 2.31. The van der Waals surface area contributed by atoms with Crippen molar-refractivity contribution >= 4 is 73.5 Å². The molecule has 0 aliphatic heterocycles. The van der Waals surface area contributed by atoms with Crippen LogP contribution < -0.4 is 33.6 Å². The quantitative estimate of drug-likeness (QED) is 0.00510. The first-order valence-corrected chi connectivity index (χ1v) is 35.7. The van der Waals surface area contributed by atoms with E-state index in [4.69, 9.17) is 57.8 Å². The molecule has 2 aliphatic carbocycles. The Bertz CT molecular complexity index is 3640. The molecule has 0 unspecified atom stereocenters. The van der Waals surface area contributed by atoms with Crippen LogP contribution in [0.1, 0.15) is 152 Å². The van der Waals surface area contributed by atoms with Gasteiger partial charge in [0.15, 0.2) is 5.75 Å². The number of aromatic nitrogens is 1. The minimum absolute atomic E-state index is 0.0454. The molecule has 0 atom stereocenters. The second kappa shape index (κ2) is 40.6. The van der Waals surface area contributed by atoms with E-state index in [0.29, 0.717) is 113 Å². The first kappa shape index (κ1) is 73.2. The van der Waals surface area contributed by atoms with Crippen molar-refractivity contribution in [2.45, 2.75) is 154 Å². The Morgan fingerprint density at radius 3 is 1.68 bits per heavy atom. The summed E-state index contributed by atoms with van der Waals surface area (Å²) in [5.74, 6) is 1.42. The summed E-state index contributed by atoms with van der Waals surface area (Å²) < 4.78 is 46.8. The van der Waals surface area contributed by atoms with Gasteiger partial charge in [0.05, 0.1) is 80.4 Å². The molecule has 9 rings (SSSR count). The average molecular weight is 1360 g/mol. The molecule has 2 saturated carbocycles. The molecule has 7 aromatic rings. The van der Waals surface area contributed by atoms with Gasteiger partial charge in [-0.2, -0.15) is 9.99 Å². The lowest BCUT2D eigenvalue weighted by atomic mass is 9.82. The number of carbonyl (C=O) groups excluding carboxylic acids is 5. The molecule has 520 valence electrons. The van der Waals surface area contributed by atoms with Crippen molar-refractivity contribution < 1.29 is 71.6 Å². The van der Waals surface area contributed by atoms with Gasteiger partial charge in [0, 0.05) is 24.3 Å². The van der Waals surface area contributed by atoms with Crippen molar-refractivity contribution in [3.63, 3.8) is 0 Å². The molecule has 1 aromatic heterocycles. The van der Waals surface area contributed by atoms with Crippen LogP contribution in [0, 0.1) is 17.8 Å². The average Bonchev–Trinajstić information content (AvgIpc) is 1.37. The second-order valence-electron chi connectivity index (χ2n) is 25.0. The number of para-hydroxylation sites is 1. The third-order valence-corrected chi connectivity index (χ3v) is 18.5. The zero-order valence-corrected chi connectivity index (χ0v) is 57.1. The lowest BCUT2D eigenvalue weighted by Crippen LogP contribution is -2.30. The van der Waals surface area contributed by atoms with Crippen molar-refractivity contribution in [2.75, 3.05) is 51.2 Å². The van der Waals surface area contributed by atoms with Gasteiger partial charge in [0.1, 0.15) is 28.7 Å². The zero-order chi connectivity index (χ0) is 68.4. The smallest absolute Gasteiger partial charge is 0.330 e. The Labute approximate surface area is 579 Å². The molecule has 2 fully saturated rings. The Morgan fingerprint density at radius 2 is 1.05 bits per heavy atom. The Kier molecular flexibility index (Phi) is 30.3. The Morgan fingerprint density at radius 1 is 0.520 bits per heavy atom. The number of ether oxygens (including phenoxy) is 8. The van der Waals surface area contributed by atoms with Gasteiger partial charge in [-0.3, -0.25) is 14.4 Å². The second-order valence-corrected chi connectivity index (χ2v) is 26.0. The number of hydrazone groups is 1. The summed E-state index contributed by atoms with van der Waals surface area (Å²) in [5, 5.41) is 9.97. The number of thiazole rings is 1. The van der Waals surface area contributed by atoms with Crippen molar-refractivity contribution in [1.29, 1.82) is 0 Å². The molecule has 0 N–H and O–H groups in total. The monoisotopic (exact) mass is 1360 g/mol. The molecule has 0 radical (unpaired) electrons. The molecule has 0 saturated heterocycles. The van der Waals surface area contributed by atoms with Crippen LogP contribution in [0.2, 0.25) is 0 Å². The number of rotatable bonds is 42. The molecule has 0 amide bonds. The topological polar surface area (TPSA) is 206 Å².